The van der Waals surface area contributed by atoms with E-state index >= 15 is 0 Å². The highest BCUT2D eigenvalue weighted by Gasteiger charge is 2.51. The van der Waals surface area contributed by atoms with E-state index in [-0.39, 0.29) is 12.5 Å². The molecule has 12 unspecified atom stereocenters. The summed E-state index contributed by atoms with van der Waals surface area (Å²) in [4.78, 5) is 13.1. The monoisotopic (exact) mass is 964 g/mol. The van der Waals surface area contributed by atoms with Gasteiger partial charge in [-0.05, 0) is 64.2 Å². The zero-order chi connectivity index (χ0) is 49.6. The fraction of sp³-hybridized carbons (Fsp3) is 0.759. The van der Waals surface area contributed by atoms with Gasteiger partial charge in [-0.1, -0.05) is 170 Å². The summed E-state index contributed by atoms with van der Waals surface area (Å²) >= 11 is 0. The standard InChI is InChI=1S/C54H93NO13/c1-3-5-7-9-10-11-12-13-14-15-16-17-18-19-20-21-22-23-24-25-26-27-28-29-30-31-32-34-36-38-46(59)55-42(43(58)37-35-33-8-6-4-2)41-65-53-51(64)49(62)52(45(40-57)67-53)68-54-50(63)48(61)47(60)44(39-56)66-54/h5,7,10-11,13-14,16-17,19-20,22-23,42-45,47-54,56-58,60-64H,3-4,6,8-9,12,15,18,21,24-41H2,1-2H3,(H,55,59)/b7-5-,11-10-,14-13-,17-16-,20-19-,23-22-. The zero-order valence-electron chi connectivity index (χ0n) is 41.6. The maximum atomic E-state index is 13.1. The van der Waals surface area contributed by atoms with Crippen LogP contribution in [0.1, 0.15) is 168 Å². The van der Waals surface area contributed by atoms with E-state index in [2.05, 4.69) is 92.1 Å². The highest BCUT2D eigenvalue weighted by atomic mass is 16.7. The van der Waals surface area contributed by atoms with E-state index in [4.69, 9.17) is 18.9 Å². The Bertz CT molecular complexity index is 1420. The van der Waals surface area contributed by atoms with Crippen molar-refractivity contribution in [3.8, 4) is 0 Å². The fourth-order valence-electron chi connectivity index (χ4n) is 8.18. The van der Waals surface area contributed by atoms with Gasteiger partial charge in [-0.25, -0.2) is 0 Å². The van der Waals surface area contributed by atoms with Crippen molar-refractivity contribution >= 4 is 5.91 Å². The molecule has 0 aliphatic carbocycles. The van der Waals surface area contributed by atoms with Crippen LogP contribution in [0.25, 0.3) is 0 Å². The minimum atomic E-state index is -1.78. The van der Waals surface area contributed by atoms with Crippen LogP contribution in [0.15, 0.2) is 72.9 Å². The molecule has 392 valence electrons. The van der Waals surface area contributed by atoms with Crippen LogP contribution in [-0.4, -0.2) is 140 Å². The third-order valence-electron chi connectivity index (χ3n) is 12.4. The normalized spacial score (nSPS) is 27.0. The van der Waals surface area contributed by atoms with Crippen LogP contribution in [0.3, 0.4) is 0 Å². The number of carbonyl (C=O) groups excluding carboxylic acids is 1. The Balaban J connectivity index is 1.63. The summed E-state index contributed by atoms with van der Waals surface area (Å²) in [5.41, 5.74) is 0. The molecule has 0 saturated carbocycles. The summed E-state index contributed by atoms with van der Waals surface area (Å²) in [6, 6.07) is -0.831. The molecule has 9 N–H and O–H groups in total. The van der Waals surface area contributed by atoms with E-state index in [1.165, 1.54) is 38.5 Å². The van der Waals surface area contributed by atoms with Crippen molar-refractivity contribution in [2.45, 2.75) is 242 Å². The lowest BCUT2D eigenvalue weighted by molar-refractivity contribution is -0.359. The molecule has 2 aliphatic heterocycles. The summed E-state index contributed by atoms with van der Waals surface area (Å²) in [7, 11) is 0. The number of carbonyl (C=O) groups is 1. The van der Waals surface area contributed by atoms with E-state index in [1.54, 1.807) is 0 Å². The molecule has 2 aliphatic rings. The summed E-state index contributed by atoms with van der Waals surface area (Å²) in [5.74, 6) is -0.223. The van der Waals surface area contributed by atoms with E-state index in [0.29, 0.717) is 19.3 Å². The molecule has 2 fully saturated rings. The van der Waals surface area contributed by atoms with Crippen molar-refractivity contribution in [2.75, 3.05) is 19.8 Å². The first kappa shape index (κ1) is 61.5. The number of unbranched alkanes of at least 4 members (excludes halogenated alkanes) is 14. The van der Waals surface area contributed by atoms with E-state index in [1.807, 2.05) is 0 Å². The van der Waals surface area contributed by atoms with Crippen LogP contribution in [0.2, 0.25) is 0 Å². The van der Waals surface area contributed by atoms with Crippen LogP contribution < -0.4 is 5.32 Å². The SMILES string of the molecule is CC/C=C\C/C=C\C/C=C\C/C=C\C/C=C\C/C=C\CCCCCCCCCCCCC(=O)NC(COC1OC(CO)C(OC2OC(CO)C(O)C(O)C2O)C(O)C1O)C(O)CCCCCCC. The average molecular weight is 964 g/mol. The number of rotatable bonds is 39. The molecule has 0 aromatic heterocycles. The first-order chi connectivity index (χ1) is 33.1. The van der Waals surface area contributed by atoms with Gasteiger partial charge in [0.1, 0.15) is 48.8 Å². The van der Waals surface area contributed by atoms with Gasteiger partial charge in [-0.15, -0.1) is 0 Å². The number of allylic oxidation sites excluding steroid dienone is 12. The molecule has 0 aromatic rings. The zero-order valence-corrected chi connectivity index (χ0v) is 41.6. The number of aliphatic hydroxyl groups is 8. The fourth-order valence-corrected chi connectivity index (χ4v) is 8.18. The third kappa shape index (κ3) is 26.6. The predicted octanol–water partition coefficient (Wildman–Crippen LogP) is 7.21. The van der Waals surface area contributed by atoms with Gasteiger partial charge >= 0.3 is 0 Å². The van der Waals surface area contributed by atoms with Crippen LogP contribution >= 0.6 is 0 Å². The molecule has 2 saturated heterocycles. The lowest BCUT2D eigenvalue weighted by Crippen LogP contribution is -2.65. The first-order valence-corrected chi connectivity index (χ1v) is 26.2. The van der Waals surface area contributed by atoms with Gasteiger partial charge in [0.15, 0.2) is 12.6 Å². The average Bonchev–Trinajstić information content (AvgIpc) is 3.34. The van der Waals surface area contributed by atoms with E-state index < -0.39 is 86.8 Å². The first-order valence-electron chi connectivity index (χ1n) is 26.2. The Morgan fingerprint density at radius 1 is 0.544 bits per heavy atom. The van der Waals surface area contributed by atoms with Gasteiger partial charge < -0.3 is 65.1 Å². The molecule has 2 heterocycles. The number of amides is 1. The Morgan fingerprint density at radius 2 is 1.01 bits per heavy atom. The van der Waals surface area contributed by atoms with Gasteiger partial charge in [0.25, 0.3) is 0 Å². The number of nitrogens with one attached hydrogen (secondary N) is 1. The van der Waals surface area contributed by atoms with Crippen LogP contribution in [0.5, 0.6) is 0 Å². The van der Waals surface area contributed by atoms with E-state index in [0.717, 1.165) is 96.3 Å². The van der Waals surface area contributed by atoms with Crippen molar-refractivity contribution in [2.24, 2.45) is 0 Å². The number of ether oxygens (including phenoxy) is 4. The highest BCUT2D eigenvalue weighted by molar-refractivity contribution is 5.76. The molecular formula is C54H93NO13. The second-order valence-electron chi connectivity index (χ2n) is 18.3. The summed E-state index contributed by atoms with van der Waals surface area (Å²) in [6.07, 6.45) is 34.0. The molecule has 0 spiro atoms. The number of hydrogen-bond acceptors (Lipinski definition) is 13. The molecular weight excluding hydrogens is 871 g/mol. The van der Waals surface area contributed by atoms with Crippen LogP contribution in [0.4, 0.5) is 0 Å². The minimum Gasteiger partial charge on any atom is -0.394 e. The Morgan fingerprint density at radius 3 is 1.56 bits per heavy atom. The molecule has 0 aromatic carbocycles. The van der Waals surface area contributed by atoms with Gasteiger partial charge in [0.2, 0.25) is 5.91 Å². The van der Waals surface area contributed by atoms with E-state index in [9.17, 15) is 45.6 Å². The van der Waals surface area contributed by atoms with Crippen molar-refractivity contribution in [3.63, 3.8) is 0 Å². The van der Waals surface area contributed by atoms with Crippen molar-refractivity contribution in [1.29, 1.82) is 0 Å². The number of aliphatic hydroxyl groups excluding tert-OH is 8. The maximum absolute atomic E-state index is 13.1. The van der Waals surface area contributed by atoms with Crippen molar-refractivity contribution < 1.29 is 64.6 Å². The molecule has 12 atom stereocenters. The molecule has 0 radical (unpaired) electrons. The van der Waals surface area contributed by atoms with Gasteiger partial charge in [0.05, 0.1) is 32.0 Å². The second-order valence-corrected chi connectivity index (χ2v) is 18.3. The molecule has 68 heavy (non-hydrogen) atoms. The summed E-state index contributed by atoms with van der Waals surface area (Å²) < 4.78 is 22.6. The largest absolute Gasteiger partial charge is 0.394 e. The Labute approximate surface area is 408 Å². The van der Waals surface area contributed by atoms with Crippen LogP contribution in [0, 0.1) is 0 Å². The highest BCUT2D eigenvalue weighted by Crippen LogP contribution is 2.30. The predicted molar refractivity (Wildman–Crippen MR) is 267 cm³/mol. The molecule has 2 rings (SSSR count). The minimum absolute atomic E-state index is 0.223. The van der Waals surface area contributed by atoms with Gasteiger partial charge in [-0.3, -0.25) is 4.79 Å². The van der Waals surface area contributed by atoms with Gasteiger partial charge in [-0.2, -0.15) is 0 Å². The second kappa shape index (κ2) is 40.1. The lowest BCUT2D eigenvalue weighted by Gasteiger charge is -2.46. The van der Waals surface area contributed by atoms with Crippen molar-refractivity contribution in [1.82, 2.24) is 5.32 Å². The van der Waals surface area contributed by atoms with Crippen LogP contribution in [-0.2, 0) is 23.7 Å². The smallest absolute Gasteiger partial charge is 0.220 e. The van der Waals surface area contributed by atoms with Crippen molar-refractivity contribution in [3.05, 3.63) is 72.9 Å². The quantitative estimate of drug-likeness (QED) is 0.0220. The Kier molecular flexibility index (Phi) is 36.3. The topological polar surface area (TPSA) is 228 Å². The van der Waals surface area contributed by atoms with Gasteiger partial charge in [0, 0.05) is 6.42 Å². The molecule has 14 heteroatoms. The molecule has 0 bridgehead atoms. The maximum Gasteiger partial charge on any atom is 0.220 e. The number of hydrogen-bond donors (Lipinski definition) is 9. The third-order valence-corrected chi connectivity index (χ3v) is 12.4. The summed E-state index contributed by atoms with van der Waals surface area (Å²) in [5, 5.41) is 86.4. The summed E-state index contributed by atoms with van der Waals surface area (Å²) in [6.45, 7) is 2.61. The molecule has 14 nitrogen and oxygen atoms in total. The lowest BCUT2D eigenvalue weighted by atomic mass is 9.97. The Hall–Kier alpha value is -2.57. The molecule has 1 amide bonds.